The van der Waals surface area contributed by atoms with E-state index in [1.165, 1.54) is 30.6 Å². The molecule has 2 aromatic rings. The van der Waals surface area contributed by atoms with Gasteiger partial charge in [0, 0.05) is 33.8 Å². The highest BCUT2D eigenvalue weighted by molar-refractivity contribution is 8.00. The summed E-state index contributed by atoms with van der Waals surface area (Å²) in [5, 5.41) is 3.67. The summed E-state index contributed by atoms with van der Waals surface area (Å²) >= 11 is 1.95. The minimum Gasteiger partial charge on any atom is -0.322 e. The summed E-state index contributed by atoms with van der Waals surface area (Å²) in [4.78, 5) is 17.2. The van der Waals surface area contributed by atoms with Crippen LogP contribution in [-0.4, -0.2) is 16.1 Å². The highest BCUT2D eigenvalue weighted by Crippen LogP contribution is 2.34. The molecule has 0 aliphatic heterocycles. The van der Waals surface area contributed by atoms with Gasteiger partial charge in [-0.3, -0.25) is 9.78 Å². The van der Waals surface area contributed by atoms with Gasteiger partial charge in [0.15, 0.2) is 0 Å². The first-order chi connectivity index (χ1) is 10.3. The van der Waals surface area contributed by atoms with Crippen molar-refractivity contribution in [2.24, 2.45) is 0 Å². The fraction of sp³-hybridized carbons (Fsp3) is 0.294. The zero-order valence-electron chi connectivity index (χ0n) is 11.8. The van der Waals surface area contributed by atoms with Gasteiger partial charge in [0.25, 0.3) is 5.91 Å². The van der Waals surface area contributed by atoms with E-state index in [-0.39, 0.29) is 5.91 Å². The maximum atomic E-state index is 12.0. The fourth-order valence-electron chi connectivity index (χ4n) is 2.52. The fourth-order valence-corrected chi connectivity index (χ4v) is 3.77. The molecule has 1 aliphatic rings. The van der Waals surface area contributed by atoms with Crippen molar-refractivity contribution in [1.82, 2.24) is 4.98 Å². The highest BCUT2D eigenvalue weighted by Gasteiger charge is 2.15. The largest absolute Gasteiger partial charge is 0.322 e. The second kappa shape index (κ2) is 6.76. The second-order valence-electron chi connectivity index (χ2n) is 5.24. The predicted octanol–water partition coefficient (Wildman–Crippen LogP) is 4.37. The monoisotopic (exact) mass is 298 g/mol. The Morgan fingerprint density at radius 3 is 2.38 bits per heavy atom. The zero-order valence-corrected chi connectivity index (χ0v) is 12.6. The number of aromatic nitrogens is 1. The summed E-state index contributed by atoms with van der Waals surface area (Å²) < 4.78 is 0. The van der Waals surface area contributed by atoms with E-state index in [2.05, 4.69) is 22.4 Å². The van der Waals surface area contributed by atoms with Gasteiger partial charge in [-0.15, -0.1) is 11.8 Å². The van der Waals surface area contributed by atoms with Gasteiger partial charge in [-0.25, -0.2) is 0 Å². The molecular formula is C17H18N2OS. The van der Waals surface area contributed by atoms with E-state index in [0.29, 0.717) is 5.56 Å². The molecule has 1 aromatic carbocycles. The Hall–Kier alpha value is -1.81. The molecule has 1 aliphatic carbocycles. The lowest BCUT2D eigenvalue weighted by Gasteiger charge is -2.10. The van der Waals surface area contributed by atoms with Gasteiger partial charge in [-0.05, 0) is 49.2 Å². The van der Waals surface area contributed by atoms with Crippen molar-refractivity contribution in [3.63, 3.8) is 0 Å². The smallest absolute Gasteiger partial charge is 0.255 e. The highest BCUT2D eigenvalue weighted by atomic mass is 32.2. The number of benzene rings is 1. The topological polar surface area (TPSA) is 42.0 Å². The Kier molecular flexibility index (Phi) is 4.55. The van der Waals surface area contributed by atoms with E-state index in [4.69, 9.17) is 0 Å². The van der Waals surface area contributed by atoms with Gasteiger partial charge in [-0.2, -0.15) is 0 Å². The van der Waals surface area contributed by atoms with Crippen LogP contribution in [-0.2, 0) is 0 Å². The van der Waals surface area contributed by atoms with Crippen molar-refractivity contribution in [2.45, 2.75) is 35.8 Å². The number of thioether (sulfide) groups is 1. The Morgan fingerprint density at radius 2 is 1.71 bits per heavy atom. The lowest BCUT2D eigenvalue weighted by Crippen LogP contribution is -2.11. The molecule has 1 amide bonds. The van der Waals surface area contributed by atoms with Gasteiger partial charge in [-0.1, -0.05) is 12.8 Å². The first kappa shape index (κ1) is 14.1. The first-order valence-corrected chi connectivity index (χ1v) is 8.17. The van der Waals surface area contributed by atoms with E-state index >= 15 is 0 Å². The standard InChI is InChI=1S/C17H18N2OS/c20-17(13-9-11-18-12-10-13)19-14-5-7-16(8-6-14)21-15-3-1-2-4-15/h5-12,15H,1-4H2,(H,19,20). The van der Waals surface area contributed by atoms with Gasteiger partial charge in [0.05, 0.1) is 0 Å². The molecule has 0 atom stereocenters. The number of carbonyl (C=O) groups excluding carboxylic acids is 1. The minimum atomic E-state index is -0.103. The van der Waals surface area contributed by atoms with Gasteiger partial charge < -0.3 is 5.32 Å². The molecule has 3 nitrogen and oxygen atoms in total. The minimum absolute atomic E-state index is 0.103. The molecule has 0 radical (unpaired) electrons. The van der Waals surface area contributed by atoms with Crippen LogP contribution in [0.3, 0.4) is 0 Å². The van der Waals surface area contributed by atoms with E-state index in [0.717, 1.165) is 10.9 Å². The van der Waals surface area contributed by atoms with E-state index in [1.807, 2.05) is 23.9 Å². The maximum Gasteiger partial charge on any atom is 0.255 e. The predicted molar refractivity (Wildman–Crippen MR) is 86.7 cm³/mol. The van der Waals surface area contributed by atoms with Gasteiger partial charge in [0.2, 0.25) is 0 Å². The third-order valence-electron chi connectivity index (χ3n) is 3.66. The summed E-state index contributed by atoms with van der Waals surface area (Å²) in [5.41, 5.74) is 1.45. The molecule has 108 valence electrons. The van der Waals surface area contributed by atoms with Crippen molar-refractivity contribution in [3.05, 3.63) is 54.4 Å². The molecule has 1 fully saturated rings. The van der Waals surface area contributed by atoms with Crippen LogP contribution in [0.2, 0.25) is 0 Å². The summed E-state index contributed by atoms with van der Waals surface area (Å²) in [6.07, 6.45) is 8.61. The van der Waals surface area contributed by atoms with Crippen LogP contribution in [0.15, 0.2) is 53.7 Å². The molecule has 1 aromatic heterocycles. The second-order valence-corrected chi connectivity index (χ2v) is 6.61. The Morgan fingerprint density at radius 1 is 1.05 bits per heavy atom. The molecule has 1 saturated carbocycles. The molecule has 21 heavy (non-hydrogen) atoms. The number of carbonyl (C=O) groups is 1. The summed E-state index contributed by atoms with van der Waals surface area (Å²) in [5.74, 6) is -0.103. The van der Waals surface area contributed by atoms with Crippen molar-refractivity contribution in [1.29, 1.82) is 0 Å². The third-order valence-corrected chi connectivity index (χ3v) is 5.01. The number of nitrogens with one attached hydrogen (secondary N) is 1. The van der Waals surface area contributed by atoms with Crippen LogP contribution in [0, 0.1) is 0 Å². The molecule has 0 bridgehead atoms. The number of anilines is 1. The molecule has 3 rings (SSSR count). The number of rotatable bonds is 4. The number of amides is 1. The Bertz CT molecular complexity index is 592. The van der Waals surface area contributed by atoms with Crippen molar-refractivity contribution < 1.29 is 4.79 Å². The average Bonchev–Trinajstić information content (AvgIpc) is 3.03. The van der Waals surface area contributed by atoms with Crippen LogP contribution < -0.4 is 5.32 Å². The average molecular weight is 298 g/mol. The van der Waals surface area contributed by atoms with E-state index < -0.39 is 0 Å². The van der Waals surface area contributed by atoms with E-state index in [9.17, 15) is 4.79 Å². The third kappa shape index (κ3) is 3.85. The van der Waals surface area contributed by atoms with Crippen LogP contribution in [0.25, 0.3) is 0 Å². The van der Waals surface area contributed by atoms with Crippen LogP contribution in [0.5, 0.6) is 0 Å². The molecule has 0 spiro atoms. The SMILES string of the molecule is O=C(Nc1ccc(SC2CCCC2)cc1)c1ccncc1. The first-order valence-electron chi connectivity index (χ1n) is 7.29. The lowest BCUT2D eigenvalue weighted by atomic mass is 10.2. The normalized spacial score (nSPS) is 15.0. The molecular weight excluding hydrogens is 280 g/mol. The summed E-state index contributed by atoms with van der Waals surface area (Å²) in [6, 6.07) is 11.5. The van der Waals surface area contributed by atoms with Gasteiger partial charge in [0.1, 0.15) is 0 Å². The van der Waals surface area contributed by atoms with Crippen LogP contribution in [0.1, 0.15) is 36.0 Å². The number of hydrogen-bond acceptors (Lipinski definition) is 3. The van der Waals surface area contributed by atoms with Crippen molar-refractivity contribution >= 4 is 23.4 Å². The number of hydrogen-bond donors (Lipinski definition) is 1. The maximum absolute atomic E-state index is 12.0. The number of pyridine rings is 1. The quantitative estimate of drug-likeness (QED) is 0.911. The molecule has 0 saturated heterocycles. The van der Waals surface area contributed by atoms with Crippen molar-refractivity contribution in [3.8, 4) is 0 Å². The Balaban J connectivity index is 1.60. The van der Waals surface area contributed by atoms with Crippen LogP contribution >= 0.6 is 11.8 Å². The molecule has 1 N–H and O–H groups in total. The number of nitrogens with zero attached hydrogens (tertiary/aromatic N) is 1. The zero-order chi connectivity index (χ0) is 14.5. The van der Waals surface area contributed by atoms with E-state index in [1.54, 1.807) is 24.5 Å². The lowest BCUT2D eigenvalue weighted by molar-refractivity contribution is 0.102. The molecule has 1 heterocycles. The van der Waals surface area contributed by atoms with Crippen LogP contribution in [0.4, 0.5) is 5.69 Å². The van der Waals surface area contributed by atoms with Gasteiger partial charge >= 0.3 is 0 Å². The molecule has 4 heteroatoms. The Labute approximate surface area is 129 Å². The van der Waals surface area contributed by atoms with Crippen molar-refractivity contribution in [2.75, 3.05) is 5.32 Å². The summed E-state index contributed by atoms with van der Waals surface area (Å²) in [6.45, 7) is 0. The summed E-state index contributed by atoms with van der Waals surface area (Å²) in [7, 11) is 0. The molecule has 0 unspecified atom stereocenters.